The molecule has 0 bridgehead atoms. The molecule has 1 aromatic heterocycles. The van der Waals surface area contributed by atoms with Crippen LogP contribution < -0.4 is 10.2 Å². The first-order chi connectivity index (χ1) is 13.9. The van der Waals surface area contributed by atoms with E-state index in [-0.39, 0.29) is 18.9 Å². The van der Waals surface area contributed by atoms with E-state index >= 15 is 0 Å². The van der Waals surface area contributed by atoms with Gasteiger partial charge >= 0.3 is 5.97 Å². The summed E-state index contributed by atoms with van der Waals surface area (Å²) in [6.07, 6.45) is -0.211. The summed E-state index contributed by atoms with van der Waals surface area (Å²) < 4.78 is 5.30. The van der Waals surface area contributed by atoms with Gasteiger partial charge in [0, 0.05) is 18.7 Å². The van der Waals surface area contributed by atoms with E-state index in [0.29, 0.717) is 10.6 Å². The van der Waals surface area contributed by atoms with E-state index in [1.807, 2.05) is 37.3 Å². The number of carbonyl (C=O) groups is 3. The minimum Gasteiger partial charge on any atom is -0.452 e. The molecule has 2 heterocycles. The first-order valence-corrected chi connectivity index (χ1v) is 10.2. The second-order valence-electron chi connectivity index (χ2n) is 6.73. The molecule has 1 aliphatic rings. The zero-order valence-corrected chi connectivity index (χ0v) is 17.0. The Bertz CT molecular complexity index is 978. The molecule has 0 radical (unpaired) electrons. The van der Waals surface area contributed by atoms with Gasteiger partial charge in [-0.15, -0.1) is 11.3 Å². The number of benzene rings is 1. The Hall–Kier alpha value is -3.18. The Labute approximate surface area is 172 Å². The molecule has 1 N–H and O–H groups in total. The number of esters is 1. The van der Waals surface area contributed by atoms with Crippen LogP contribution in [-0.4, -0.2) is 30.4 Å². The largest absolute Gasteiger partial charge is 0.452 e. The summed E-state index contributed by atoms with van der Waals surface area (Å²) in [4.78, 5) is 38.9. The monoisotopic (exact) mass is 411 g/mol. The fourth-order valence-electron chi connectivity index (χ4n) is 3.20. The van der Waals surface area contributed by atoms with Gasteiger partial charge in [0.2, 0.25) is 5.91 Å². The third-order valence-corrected chi connectivity index (χ3v) is 5.64. The number of aryl methyl sites for hydroxylation is 1. The van der Waals surface area contributed by atoms with Crippen LogP contribution in [0, 0.1) is 17.2 Å². The van der Waals surface area contributed by atoms with Gasteiger partial charge in [0.1, 0.15) is 11.1 Å². The van der Waals surface area contributed by atoms with Gasteiger partial charge in [-0.25, -0.2) is 0 Å². The number of ether oxygens (including phenoxy) is 1. The van der Waals surface area contributed by atoms with Crippen LogP contribution in [0.1, 0.15) is 31.4 Å². The van der Waals surface area contributed by atoms with E-state index in [2.05, 4.69) is 5.32 Å². The molecule has 150 valence electrons. The molecule has 8 heteroatoms. The molecule has 2 aromatic rings. The van der Waals surface area contributed by atoms with Crippen molar-refractivity contribution in [2.24, 2.45) is 5.92 Å². The first-order valence-electron chi connectivity index (χ1n) is 9.31. The molecule has 29 heavy (non-hydrogen) atoms. The Kier molecular flexibility index (Phi) is 6.29. The molecule has 2 amide bonds. The average Bonchev–Trinajstić information content (AvgIpc) is 3.33. The molecule has 1 saturated heterocycles. The van der Waals surface area contributed by atoms with Crippen molar-refractivity contribution in [2.45, 2.75) is 32.8 Å². The van der Waals surface area contributed by atoms with Crippen LogP contribution in [0.5, 0.6) is 0 Å². The van der Waals surface area contributed by atoms with Gasteiger partial charge in [-0.2, -0.15) is 5.26 Å². The molecule has 1 fully saturated rings. The van der Waals surface area contributed by atoms with Crippen LogP contribution in [0.15, 0.2) is 35.7 Å². The summed E-state index contributed by atoms with van der Waals surface area (Å²) in [6.45, 7) is 3.71. The van der Waals surface area contributed by atoms with Crippen LogP contribution in [0.4, 0.5) is 10.7 Å². The summed E-state index contributed by atoms with van der Waals surface area (Å²) in [5.74, 6) is -1.86. The lowest BCUT2D eigenvalue weighted by Gasteiger charge is -2.20. The van der Waals surface area contributed by atoms with Gasteiger partial charge in [-0.3, -0.25) is 14.4 Å². The highest BCUT2D eigenvalue weighted by atomic mass is 32.1. The quantitative estimate of drug-likeness (QED) is 0.737. The normalized spacial score (nSPS) is 16.9. The highest BCUT2D eigenvalue weighted by Gasteiger charge is 2.37. The van der Waals surface area contributed by atoms with Crippen molar-refractivity contribution in [3.8, 4) is 6.07 Å². The van der Waals surface area contributed by atoms with E-state index in [9.17, 15) is 14.4 Å². The van der Waals surface area contributed by atoms with Crippen molar-refractivity contribution in [1.29, 1.82) is 5.26 Å². The highest BCUT2D eigenvalue weighted by Crippen LogP contribution is 2.29. The maximum absolute atomic E-state index is 12.5. The summed E-state index contributed by atoms with van der Waals surface area (Å²) >= 11 is 1.22. The number of nitriles is 1. The van der Waals surface area contributed by atoms with Gasteiger partial charge in [0.25, 0.3) is 5.91 Å². The second-order valence-corrected chi connectivity index (χ2v) is 7.65. The number of nitrogens with one attached hydrogen (secondary N) is 1. The number of thiophene rings is 1. The van der Waals surface area contributed by atoms with E-state index in [0.717, 1.165) is 17.7 Å². The van der Waals surface area contributed by atoms with Crippen LogP contribution in [0.25, 0.3) is 0 Å². The standard InChI is InChI=1S/C21H21N3O4S/c1-3-14-6-4-5-7-17(14)24-12-16(10-18(24)25)21(27)28-13(2)19(26)23-20-15(11-22)8-9-29-20/h4-9,13,16H,3,10,12H2,1-2H3,(H,23,26)/t13-,16-/m1/s1. The molecule has 7 nitrogen and oxygen atoms in total. The maximum atomic E-state index is 12.5. The Morgan fingerprint density at radius 2 is 2.14 bits per heavy atom. The lowest BCUT2D eigenvalue weighted by Crippen LogP contribution is -2.33. The van der Waals surface area contributed by atoms with E-state index in [1.54, 1.807) is 16.3 Å². The van der Waals surface area contributed by atoms with Crippen LogP contribution in [0.3, 0.4) is 0 Å². The number of anilines is 2. The Morgan fingerprint density at radius 1 is 1.38 bits per heavy atom. The van der Waals surface area contributed by atoms with Crippen molar-refractivity contribution in [3.63, 3.8) is 0 Å². The number of para-hydroxylation sites is 1. The summed E-state index contributed by atoms with van der Waals surface area (Å²) in [7, 11) is 0. The lowest BCUT2D eigenvalue weighted by molar-refractivity contribution is -0.157. The SMILES string of the molecule is CCc1ccccc1N1C[C@H](C(=O)O[C@H](C)C(=O)Nc2sccc2C#N)CC1=O. The highest BCUT2D eigenvalue weighted by molar-refractivity contribution is 7.14. The molecular weight excluding hydrogens is 390 g/mol. The molecule has 0 saturated carbocycles. The fraction of sp³-hybridized carbons (Fsp3) is 0.333. The molecule has 2 atom stereocenters. The summed E-state index contributed by atoms with van der Waals surface area (Å²) in [5, 5.41) is 13.7. The third-order valence-electron chi connectivity index (χ3n) is 4.81. The predicted octanol–water partition coefficient (Wildman–Crippen LogP) is 3.11. The topological polar surface area (TPSA) is 99.5 Å². The first kappa shape index (κ1) is 20.6. The molecule has 1 aliphatic heterocycles. The number of amides is 2. The average molecular weight is 411 g/mol. The van der Waals surface area contributed by atoms with Gasteiger partial charge < -0.3 is 15.0 Å². The van der Waals surface area contributed by atoms with E-state index in [1.165, 1.54) is 18.3 Å². The zero-order valence-electron chi connectivity index (χ0n) is 16.2. The smallest absolute Gasteiger partial charge is 0.312 e. The Morgan fingerprint density at radius 3 is 2.86 bits per heavy atom. The van der Waals surface area contributed by atoms with Crippen molar-refractivity contribution in [3.05, 3.63) is 46.8 Å². The molecular formula is C21H21N3O4S. The van der Waals surface area contributed by atoms with Crippen LogP contribution in [-0.2, 0) is 25.5 Å². The van der Waals surface area contributed by atoms with Crippen molar-refractivity contribution in [1.82, 2.24) is 0 Å². The number of hydrogen-bond acceptors (Lipinski definition) is 6. The van der Waals surface area contributed by atoms with E-state index in [4.69, 9.17) is 10.00 Å². The molecule has 0 aliphatic carbocycles. The number of nitrogens with zero attached hydrogens (tertiary/aromatic N) is 2. The number of carbonyl (C=O) groups excluding carboxylic acids is 3. The van der Waals surface area contributed by atoms with Crippen LogP contribution >= 0.6 is 11.3 Å². The van der Waals surface area contributed by atoms with Crippen molar-refractivity contribution in [2.75, 3.05) is 16.8 Å². The van der Waals surface area contributed by atoms with Crippen molar-refractivity contribution >= 4 is 39.8 Å². The van der Waals surface area contributed by atoms with Crippen molar-refractivity contribution < 1.29 is 19.1 Å². The predicted molar refractivity (Wildman–Crippen MR) is 109 cm³/mol. The van der Waals surface area contributed by atoms with Gasteiger partial charge in [0.05, 0.1) is 11.5 Å². The minimum absolute atomic E-state index is 0.0503. The maximum Gasteiger partial charge on any atom is 0.312 e. The number of hydrogen-bond donors (Lipinski definition) is 1. The molecule has 0 unspecified atom stereocenters. The van der Waals surface area contributed by atoms with Crippen LogP contribution in [0.2, 0.25) is 0 Å². The molecule has 3 rings (SSSR count). The molecule has 0 spiro atoms. The van der Waals surface area contributed by atoms with Gasteiger partial charge in [0.15, 0.2) is 6.10 Å². The Balaban J connectivity index is 1.61. The third kappa shape index (κ3) is 4.46. The second kappa shape index (κ2) is 8.88. The summed E-state index contributed by atoms with van der Waals surface area (Å²) in [6, 6.07) is 11.2. The zero-order chi connectivity index (χ0) is 21.0. The van der Waals surface area contributed by atoms with Gasteiger partial charge in [-0.1, -0.05) is 25.1 Å². The van der Waals surface area contributed by atoms with E-state index < -0.39 is 23.9 Å². The lowest BCUT2D eigenvalue weighted by atomic mass is 10.1. The minimum atomic E-state index is -1.04. The number of rotatable bonds is 6. The fourth-order valence-corrected chi connectivity index (χ4v) is 3.94. The van der Waals surface area contributed by atoms with Gasteiger partial charge in [-0.05, 0) is 36.4 Å². The summed E-state index contributed by atoms with van der Waals surface area (Å²) in [5.41, 5.74) is 2.20. The molecule has 1 aromatic carbocycles.